The fourth-order valence-electron chi connectivity index (χ4n) is 1.97. The van der Waals surface area contributed by atoms with Gasteiger partial charge in [-0.3, -0.25) is 10.2 Å². The van der Waals surface area contributed by atoms with E-state index in [1.807, 2.05) is 14.1 Å². The van der Waals surface area contributed by atoms with Crippen molar-refractivity contribution in [3.63, 3.8) is 0 Å². The summed E-state index contributed by atoms with van der Waals surface area (Å²) in [6.07, 6.45) is 2.75. The van der Waals surface area contributed by atoms with E-state index in [2.05, 4.69) is 9.97 Å². The van der Waals surface area contributed by atoms with E-state index >= 15 is 0 Å². The Morgan fingerprint density at radius 1 is 1.33 bits per heavy atom. The summed E-state index contributed by atoms with van der Waals surface area (Å²) in [4.78, 5) is 21.5. The number of aromatic nitrogens is 2. The minimum Gasteiger partial charge on any atom is -0.460 e. The smallest absolute Gasteiger partial charge is 0.313 e. The lowest BCUT2D eigenvalue weighted by molar-refractivity contribution is -0.143. The lowest BCUT2D eigenvalue weighted by atomic mass is 10.1. The van der Waals surface area contributed by atoms with Crippen LogP contribution in [0.2, 0.25) is 0 Å². The van der Waals surface area contributed by atoms with E-state index in [-0.39, 0.29) is 24.4 Å². The van der Waals surface area contributed by atoms with Crippen molar-refractivity contribution < 1.29 is 13.9 Å². The number of ether oxygens (including phenoxy) is 1. The standard InChI is InChI=1S/C16H18FN5O2/c1-22(2)16-20-7-11(8-21-16)12-5-3-4-10(15(12)17)9-24-14(23)6-13(18)19/h3-5,7-8H,6,9H2,1-2H3,(H3,18,19). The molecular formula is C16H18FN5O2. The Hall–Kier alpha value is -3.03. The number of rotatable bonds is 6. The van der Waals surface area contributed by atoms with Crippen LogP contribution in [0.15, 0.2) is 30.6 Å². The number of nitrogens with one attached hydrogen (secondary N) is 1. The number of hydrogen-bond acceptors (Lipinski definition) is 6. The van der Waals surface area contributed by atoms with E-state index in [0.717, 1.165) is 0 Å². The second-order valence-electron chi connectivity index (χ2n) is 5.31. The highest BCUT2D eigenvalue weighted by Gasteiger charge is 2.13. The van der Waals surface area contributed by atoms with Crippen LogP contribution in [0.25, 0.3) is 11.1 Å². The van der Waals surface area contributed by atoms with E-state index in [4.69, 9.17) is 15.9 Å². The average molecular weight is 331 g/mol. The van der Waals surface area contributed by atoms with E-state index in [1.165, 1.54) is 18.5 Å². The molecule has 0 unspecified atom stereocenters. The maximum absolute atomic E-state index is 14.6. The Labute approximate surface area is 138 Å². The van der Waals surface area contributed by atoms with Gasteiger partial charge in [-0.15, -0.1) is 0 Å². The van der Waals surface area contributed by atoms with Gasteiger partial charge in [0.25, 0.3) is 0 Å². The molecule has 8 heteroatoms. The Balaban J connectivity index is 2.18. The molecule has 0 fully saturated rings. The molecule has 0 aliphatic rings. The molecule has 24 heavy (non-hydrogen) atoms. The predicted molar refractivity (Wildman–Crippen MR) is 88.1 cm³/mol. The zero-order valence-electron chi connectivity index (χ0n) is 13.4. The van der Waals surface area contributed by atoms with Crippen LogP contribution in [0.1, 0.15) is 12.0 Å². The topological polar surface area (TPSA) is 105 Å². The highest BCUT2D eigenvalue weighted by molar-refractivity contribution is 5.94. The monoisotopic (exact) mass is 331 g/mol. The number of nitrogens with zero attached hydrogens (tertiary/aromatic N) is 3. The lowest BCUT2D eigenvalue weighted by Crippen LogP contribution is -2.17. The summed E-state index contributed by atoms with van der Waals surface area (Å²) in [7, 11) is 3.62. The number of carbonyl (C=O) groups is 1. The minimum absolute atomic E-state index is 0.223. The normalized spacial score (nSPS) is 10.3. The summed E-state index contributed by atoms with van der Waals surface area (Å²) in [6.45, 7) is -0.234. The van der Waals surface area contributed by atoms with E-state index in [9.17, 15) is 9.18 Å². The Bertz CT molecular complexity index is 747. The van der Waals surface area contributed by atoms with Crippen LogP contribution < -0.4 is 10.6 Å². The van der Waals surface area contributed by atoms with Crippen LogP contribution in [0.5, 0.6) is 0 Å². The first-order chi connectivity index (χ1) is 11.4. The van der Waals surface area contributed by atoms with E-state index < -0.39 is 11.8 Å². The highest BCUT2D eigenvalue weighted by Crippen LogP contribution is 2.25. The van der Waals surface area contributed by atoms with Crippen molar-refractivity contribution in [2.45, 2.75) is 13.0 Å². The molecule has 1 heterocycles. The molecule has 2 aromatic rings. The fraction of sp³-hybridized carbons (Fsp3) is 0.250. The van der Waals surface area contributed by atoms with Crippen LogP contribution >= 0.6 is 0 Å². The number of benzene rings is 1. The van der Waals surface area contributed by atoms with Gasteiger partial charge in [-0.05, 0) is 0 Å². The summed E-state index contributed by atoms with van der Waals surface area (Å²) >= 11 is 0. The molecule has 0 spiro atoms. The van der Waals surface area contributed by atoms with Crippen molar-refractivity contribution >= 4 is 17.8 Å². The van der Waals surface area contributed by atoms with Crippen molar-refractivity contribution in [2.24, 2.45) is 5.73 Å². The van der Waals surface area contributed by atoms with Gasteiger partial charge < -0.3 is 15.4 Å². The van der Waals surface area contributed by atoms with Gasteiger partial charge in [0.1, 0.15) is 24.7 Å². The summed E-state index contributed by atoms with van der Waals surface area (Å²) in [5.74, 6) is -0.957. The Morgan fingerprint density at radius 3 is 2.58 bits per heavy atom. The quantitative estimate of drug-likeness (QED) is 0.474. The van der Waals surface area contributed by atoms with Gasteiger partial charge in [-0.2, -0.15) is 0 Å². The second kappa shape index (κ2) is 7.49. The zero-order valence-corrected chi connectivity index (χ0v) is 13.4. The van der Waals surface area contributed by atoms with Crippen molar-refractivity contribution in [1.29, 1.82) is 5.41 Å². The molecule has 0 aliphatic carbocycles. The summed E-state index contributed by atoms with van der Waals surface area (Å²) in [5.41, 5.74) is 6.18. The minimum atomic E-state index is -0.675. The van der Waals surface area contributed by atoms with E-state index in [1.54, 1.807) is 17.0 Å². The third kappa shape index (κ3) is 4.25. The molecule has 3 N–H and O–H groups in total. The summed E-state index contributed by atoms with van der Waals surface area (Å²) in [6, 6.07) is 4.78. The molecule has 0 radical (unpaired) electrons. The SMILES string of the molecule is CN(C)c1ncc(-c2cccc(COC(=O)CC(=N)N)c2F)cn1. The van der Waals surface area contributed by atoms with Gasteiger partial charge in [-0.25, -0.2) is 14.4 Å². The Kier molecular flexibility index (Phi) is 5.41. The van der Waals surface area contributed by atoms with Gasteiger partial charge in [-0.1, -0.05) is 18.2 Å². The number of hydrogen-bond donors (Lipinski definition) is 2. The number of nitrogens with two attached hydrogens (primary N) is 1. The van der Waals surface area contributed by atoms with E-state index in [0.29, 0.717) is 17.1 Å². The maximum Gasteiger partial charge on any atom is 0.313 e. The molecule has 7 nitrogen and oxygen atoms in total. The number of halogens is 1. The van der Waals surface area contributed by atoms with Gasteiger partial charge in [0, 0.05) is 43.2 Å². The Morgan fingerprint density at radius 2 is 2.00 bits per heavy atom. The first-order valence-corrected chi connectivity index (χ1v) is 7.14. The van der Waals surface area contributed by atoms with Crippen molar-refractivity contribution in [1.82, 2.24) is 9.97 Å². The lowest BCUT2D eigenvalue weighted by Gasteiger charge is -2.11. The molecule has 0 atom stereocenters. The number of anilines is 1. The predicted octanol–water partition coefficient (Wildman–Crippen LogP) is 1.72. The van der Waals surface area contributed by atoms with Crippen LogP contribution in [0.4, 0.5) is 10.3 Å². The second-order valence-corrected chi connectivity index (χ2v) is 5.31. The van der Waals surface area contributed by atoms with Crippen molar-refractivity contribution in [3.8, 4) is 11.1 Å². The van der Waals surface area contributed by atoms with Crippen LogP contribution in [-0.2, 0) is 16.1 Å². The maximum atomic E-state index is 14.6. The highest BCUT2D eigenvalue weighted by atomic mass is 19.1. The van der Waals surface area contributed by atoms with Crippen molar-refractivity contribution in [3.05, 3.63) is 42.0 Å². The third-order valence-electron chi connectivity index (χ3n) is 3.15. The van der Waals surface area contributed by atoms with Gasteiger partial charge in [0.2, 0.25) is 5.95 Å². The van der Waals surface area contributed by atoms with Crippen LogP contribution in [-0.4, -0.2) is 35.9 Å². The molecule has 0 amide bonds. The summed E-state index contributed by atoms with van der Waals surface area (Å²) < 4.78 is 19.5. The molecule has 1 aromatic heterocycles. The van der Waals surface area contributed by atoms with Crippen LogP contribution in [0, 0.1) is 11.2 Å². The van der Waals surface area contributed by atoms with Gasteiger partial charge in [0.15, 0.2) is 0 Å². The molecular weight excluding hydrogens is 313 g/mol. The fourth-order valence-corrected chi connectivity index (χ4v) is 1.97. The average Bonchev–Trinajstić information content (AvgIpc) is 2.53. The number of amidine groups is 1. The van der Waals surface area contributed by atoms with Gasteiger partial charge >= 0.3 is 5.97 Å². The largest absolute Gasteiger partial charge is 0.460 e. The molecule has 2 rings (SSSR count). The first kappa shape index (κ1) is 17.3. The number of esters is 1. The molecule has 0 saturated carbocycles. The summed E-state index contributed by atoms with van der Waals surface area (Å²) in [5, 5.41) is 7.03. The van der Waals surface area contributed by atoms with Gasteiger partial charge in [0.05, 0.1) is 0 Å². The molecule has 0 bridgehead atoms. The third-order valence-corrected chi connectivity index (χ3v) is 3.15. The first-order valence-electron chi connectivity index (χ1n) is 7.14. The van der Waals surface area contributed by atoms with Crippen molar-refractivity contribution in [2.75, 3.05) is 19.0 Å². The molecule has 126 valence electrons. The zero-order chi connectivity index (χ0) is 17.7. The molecule has 0 aliphatic heterocycles. The number of carbonyl (C=O) groups excluding carboxylic acids is 1. The molecule has 0 saturated heterocycles. The molecule has 1 aromatic carbocycles. The van der Waals surface area contributed by atoms with Crippen LogP contribution in [0.3, 0.4) is 0 Å².